The molecule has 1 rings (SSSR count). The van der Waals surface area contributed by atoms with E-state index in [1.807, 2.05) is 30.4 Å². The first-order chi connectivity index (χ1) is 11.4. The summed E-state index contributed by atoms with van der Waals surface area (Å²) in [5, 5.41) is 0. The van der Waals surface area contributed by atoms with Crippen LogP contribution in [0.5, 0.6) is 0 Å². The summed E-state index contributed by atoms with van der Waals surface area (Å²) in [6.45, 7) is 14.4. The summed E-state index contributed by atoms with van der Waals surface area (Å²) in [4.78, 5) is 17.8. The van der Waals surface area contributed by atoms with E-state index in [0.717, 1.165) is 5.69 Å². The smallest absolute Gasteiger partial charge is 0.333 e. The largest absolute Gasteiger partial charge is 0.462 e. The normalized spacial score (nSPS) is 11.2. The van der Waals surface area contributed by atoms with Crippen molar-refractivity contribution in [3.05, 3.63) is 53.3 Å². The molecule has 1 aromatic carbocycles. The van der Waals surface area contributed by atoms with E-state index in [9.17, 15) is 4.79 Å². The van der Waals surface area contributed by atoms with Gasteiger partial charge in [-0.1, -0.05) is 30.4 Å². The van der Waals surface area contributed by atoms with Gasteiger partial charge >= 0.3 is 5.97 Å². The number of nitrogens with zero attached hydrogens (tertiary/aromatic N) is 2. The number of ether oxygens (including phenoxy) is 1. The summed E-state index contributed by atoms with van der Waals surface area (Å²) in [5.41, 5.74) is 5.25. The second-order valence-electron chi connectivity index (χ2n) is 5.93. The van der Waals surface area contributed by atoms with Gasteiger partial charge in [0.05, 0.1) is 18.6 Å². The van der Waals surface area contributed by atoms with E-state index in [0.29, 0.717) is 25.1 Å². The van der Waals surface area contributed by atoms with Crippen molar-refractivity contribution in [2.45, 2.75) is 41.0 Å². The average Bonchev–Trinajstić information content (AvgIpc) is 2.49. The van der Waals surface area contributed by atoms with Crippen molar-refractivity contribution in [3.8, 4) is 0 Å². The Labute approximate surface area is 145 Å². The number of anilines is 1. The Morgan fingerprint density at radius 2 is 1.92 bits per heavy atom. The lowest BCUT2D eigenvalue weighted by Gasteiger charge is -2.20. The zero-order valence-electron chi connectivity index (χ0n) is 15.4. The van der Waals surface area contributed by atoms with E-state index >= 15 is 0 Å². The van der Waals surface area contributed by atoms with Gasteiger partial charge in [-0.25, -0.2) is 4.79 Å². The first-order valence-corrected chi connectivity index (χ1v) is 8.18. The van der Waals surface area contributed by atoms with Crippen LogP contribution in [0.15, 0.2) is 41.6 Å². The second-order valence-corrected chi connectivity index (χ2v) is 5.93. The fourth-order valence-electron chi connectivity index (χ4n) is 2.50. The molecule has 130 valence electrons. The van der Waals surface area contributed by atoms with Crippen LogP contribution in [0.1, 0.15) is 37.0 Å². The number of carbonyl (C=O) groups is 1. The highest BCUT2D eigenvalue weighted by Gasteiger charge is 2.08. The molecule has 0 radical (unpaired) electrons. The molecule has 0 N–H and O–H groups in total. The molecule has 0 amide bonds. The summed E-state index contributed by atoms with van der Waals surface area (Å²) in [6, 6.07) is 4.34. The molecule has 0 saturated carbocycles. The summed E-state index contributed by atoms with van der Waals surface area (Å²) in [5.74, 6) is -0.347. The lowest BCUT2D eigenvalue weighted by atomic mass is 10.0. The third-order valence-electron chi connectivity index (χ3n) is 3.42. The molecule has 0 fully saturated rings. The van der Waals surface area contributed by atoms with Gasteiger partial charge in [0, 0.05) is 24.7 Å². The van der Waals surface area contributed by atoms with Crippen LogP contribution in [0.2, 0.25) is 0 Å². The second kappa shape index (κ2) is 9.71. The fourth-order valence-corrected chi connectivity index (χ4v) is 2.50. The van der Waals surface area contributed by atoms with E-state index < -0.39 is 0 Å². The van der Waals surface area contributed by atoms with Gasteiger partial charge in [-0.3, -0.25) is 4.99 Å². The van der Waals surface area contributed by atoms with Crippen LogP contribution in [-0.4, -0.2) is 25.5 Å². The van der Waals surface area contributed by atoms with Crippen LogP contribution in [0, 0.1) is 20.8 Å². The summed E-state index contributed by atoms with van der Waals surface area (Å²) >= 11 is 0. The maximum atomic E-state index is 11.3. The van der Waals surface area contributed by atoms with E-state index in [1.54, 1.807) is 6.92 Å². The highest BCUT2D eigenvalue weighted by Crippen LogP contribution is 2.25. The monoisotopic (exact) mass is 328 g/mol. The van der Waals surface area contributed by atoms with Gasteiger partial charge in [-0.15, -0.1) is 0 Å². The molecular formula is C20H28N2O2. The van der Waals surface area contributed by atoms with E-state index in [4.69, 9.17) is 4.74 Å². The molecule has 0 bridgehead atoms. The standard InChI is InChI=1S/C20H28N2O2/c1-7-10-22(19-17(5)12-16(4)13-18(19)6)14-21-9-8-11-24-20(23)15(2)3/h7,10,12-14H,2,8-9,11H2,1,3-6H3/b10-7-,21-14+. The van der Waals surface area contributed by atoms with Crippen molar-refractivity contribution in [1.82, 2.24) is 0 Å². The lowest BCUT2D eigenvalue weighted by molar-refractivity contribution is -0.138. The van der Waals surface area contributed by atoms with Crippen LogP contribution in [0.25, 0.3) is 0 Å². The van der Waals surface area contributed by atoms with E-state index in [2.05, 4.69) is 44.5 Å². The van der Waals surface area contributed by atoms with Crippen molar-refractivity contribution in [3.63, 3.8) is 0 Å². The summed E-state index contributed by atoms with van der Waals surface area (Å²) in [7, 11) is 0. The van der Waals surface area contributed by atoms with Crippen LogP contribution in [0.4, 0.5) is 5.69 Å². The Balaban J connectivity index is 2.68. The number of allylic oxidation sites excluding steroid dienone is 1. The van der Waals surface area contributed by atoms with Gasteiger partial charge < -0.3 is 9.64 Å². The Morgan fingerprint density at radius 1 is 1.29 bits per heavy atom. The van der Waals surface area contributed by atoms with Gasteiger partial charge in [-0.2, -0.15) is 0 Å². The summed E-state index contributed by atoms with van der Waals surface area (Å²) < 4.78 is 5.05. The first-order valence-electron chi connectivity index (χ1n) is 8.18. The topological polar surface area (TPSA) is 41.9 Å². The number of esters is 1. The molecular weight excluding hydrogens is 300 g/mol. The highest BCUT2D eigenvalue weighted by molar-refractivity contribution is 5.87. The number of hydrogen-bond donors (Lipinski definition) is 0. The molecule has 4 nitrogen and oxygen atoms in total. The number of hydrogen-bond acceptors (Lipinski definition) is 3. The number of aryl methyl sites for hydroxylation is 3. The maximum absolute atomic E-state index is 11.3. The van der Waals surface area contributed by atoms with Gasteiger partial charge in [0.1, 0.15) is 0 Å². The quantitative estimate of drug-likeness (QED) is 0.232. The zero-order valence-corrected chi connectivity index (χ0v) is 15.4. The van der Waals surface area contributed by atoms with Crippen molar-refractivity contribution in [2.24, 2.45) is 4.99 Å². The molecule has 0 spiro atoms. The number of aliphatic imine (C=N–C) groups is 1. The zero-order chi connectivity index (χ0) is 18.1. The van der Waals surface area contributed by atoms with Gasteiger partial charge in [0.15, 0.2) is 0 Å². The summed E-state index contributed by atoms with van der Waals surface area (Å²) in [6.07, 6.45) is 6.49. The van der Waals surface area contributed by atoms with Crippen LogP contribution in [0.3, 0.4) is 0 Å². The molecule has 4 heteroatoms. The molecule has 0 unspecified atom stereocenters. The number of rotatable bonds is 8. The lowest BCUT2D eigenvalue weighted by Crippen LogP contribution is -2.16. The number of carbonyl (C=O) groups excluding carboxylic acids is 1. The molecule has 24 heavy (non-hydrogen) atoms. The predicted octanol–water partition coefficient (Wildman–Crippen LogP) is 4.49. The Bertz CT molecular complexity index is 622. The Kier molecular flexibility index (Phi) is 7.96. The third kappa shape index (κ3) is 6.03. The molecule has 0 aliphatic rings. The SMILES string of the molecule is C=C(C)C(=O)OCCC/N=C/N(/C=C\C)c1c(C)cc(C)cc1C. The van der Waals surface area contributed by atoms with Gasteiger partial charge in [0.25, 0.3) is 0 Å². The van der Waals surface area contributed by atoms with Crippen LogP contribution >= 0.6 is 0 Å². The molecule has 0 aliphatic heterocycles. The molecule has 0 aliphatic carbocycles. The minimum Gasteiger partial charge on any atom is -0.462 e. The molecule has 1 aromatic rings. The Morgan fingerprint density at radius 3 is 2.46 bits per heavy atom. The Hall–Kier alpha value is -2.36. The first kappa shape index (κ1) is 19.7. The number of benzene rings is 1. The minimum atomic E-state index is -0.347. The highest BCUT2D eigenvalue weighted by atomic mass is 16.5. The predicted molar refractivity (Wildman–Crippen MR) is 102 cm³/mol. The maximum Gasteiger partial charge on any atom is 0.333 e. The third-order valence-corrected chi connectivity index (χ3v) is 3.42. The molecule has 0 saturated heterocycles. The van der Waals surface area contributed by atoms with E-state index in [1.165, 1.54) is 16.7 Å². The van der Waals surface area contributed by atoms with Gasteiger partial charge in [0.2, 0.25) is 0 Å². The van der Waals surface area contributed by atoms with Crippen molar-refractivity contribution in [1.29, 1.82) is 0 Å². The fraction of sp³-hybridized carbons (Fsp3) is 0.400. The van der Waals surface area contributed by atoms with Crippen molar-refractivity contribution >= 4 is 18.0 Å². The molecule has 0 atom stereocenters. The van der Waals surface area contributed by atoms with Gasteiger partial charge in [-0.05, 0) is 45.7 Å². The molecule has 0 aromatic heterocycles. The van der Waals surface area contributed by atoms with Crippen LogP contribution in [-0.2, 0) is 9.53 Å². The van der Waals surface area contributed by atoms with Crippen molar-refractivity contribution in [2.75, 3.05) is 18.1 Å². The minimum absolute atomic E-state index is 0.347. The van der Waals surface area contributed by atoms with Crippen molar-refractivity contribution < 1.29 is 9.53 Å². The average molecular weight is 328 g/mol. The molecule has 0 heterocycles. The van der Waals surface area contributed by atoms with Crippen LogP contribution < -0.4 is 4.90 Å². The van der Waals surface area contributed by atoms with E-state index in [-0.39, 0.29) is 5.97 Å².